The van der Waals surface area contributed by atoms with E-state index in [4.69, 9.17) is 24.4 Å². The number of alkyl halides is 1. The molecule has 0 aromatic heterocycles. The first kappa shape index (κ1) is 27.2. The van der Waals surface area contributed by atoms with E-state index in [0.717, 1.165) is 20.2 Å². The summed E-state index contributed by atoms with van der Waals surface area (Å²) in [5.74, 6) is 0. The normalized spacial score (nSPS) is 11.1. The number of nitrogens with two attached hydrogens (primary N) is 2. The summed E-state index contributed by atoms with van der Waals surface area (Å²) in [4.78, 5) is 0. The Morgan fingerprint density at radius 3 is 1.71 bits per heavy atom. The summed E-state index contributed by atoms with van der Waals surface area (Å²) >= 11 is 12.8. The number of rotatable bonds is 0. The quantitative estimate of drug-likeness (QED) is 0.328. The highest BCUT2D eigenvalue weighted by atomic mass is 79.9. The molecule has 0 amide bonds. The third-order valence-electron chi connectivity index (χ3n) is 3.73. The number of hydrogen-bond donors (Lipinski definition) is 2. The average molecular weight is 542 g/mol. The fraction of sp³-hybridized carbons (Fsp3) is 0.455. The minimum absolute atomic E-state index is 0. The summed E-state index contributed by atoms with van der Waals surface area (Å²) in [6.07, 6.45) is 0. The second kappa shape index (κ2) is 12.0. The van der Waals surface area contributed by atoms with E-state index >= 15 is 0 Å². The predicted octanol–water partition coefficient (Wildman–Crippen LogP) is 8.53. The van der Waals surface area contributed by atoms with E-state index < -0.39 is 7.15 Å². The van der Waals surface area contributed by atoms with Crippen LogP contribution in [0, 0.1) is 0 Å². The number of hydrogen-bond acceptors (Lipinski definition) is 2. The first-order valence-corrected chi connectivity index (χ1v) is 10.3. The molecule has 6 heteroatoms. The molecule has 2 nitrogen and oxygen atoms in total. The van der Waals surface area contributed by atoms with E-state index in [1.165, 1.54) is 5.56 Å². The highest BCUT2D eigenvalue weighted by molar-refractivity contribution is 9.10. The number of halogens is 4. The van der Waals surface area contributed by atoms with E-state index in [2.05, 4.69) is 79.5 Å². The zero-order chi connectivity index (χ0) is 22.3. The van der Waals surface area contributed by atoms with Gasteiger partial charge >= 0.3 is 0 Å². The van der Waals surface area contributed by atoms with Crippen molar-refractivity contribution in [3.8, 4) is 0 Å². The minimum atomic E-state index is -1.00. The molecule has 0 aliphatic rings. The molecule has 4 N–H and O–H groups in total. The van der Waals surface area contributed by atoms with Gasteiger partial charge in [0.1, 0.15) is 0 Å². The Kier molecular flexibility index (Phi) is 11.7. The molecule has 0 atom stereocenters. The van der Waals surface area contributed by atoms with Gasteiger partial charge in [0, 0.05) is 14.6 Å². The summed E-state index contributed by atoms with van der Waals surface area (Å²) in [7, 11) is -1.00. The van der Waals surface area contributed by atoms with Crippen molar-refractivity contribution in [2.24, 2.45) is 0 Å². The topological polar surface area (TPSA) is 52.0 Å². The van der Waals surface area contributed by atoms with Crippen LogP contribution in [0.1, 0.15) is 61.5 Å². The lowest BCUT2D eigenvalue weighted by Gasteiger charge is -2.22. The molecule has 0 radical (unpaired) electrons. The van der Waals surface area contributed by atoms with Crippen LogP contribution in [0.3, 0.4) is 0 Å². The fourth-order valence-corrected chi connectivity index (χ4v) is 3.55. The van der Waals surface area contributed by atoms with Crippen LogP contribution in [-0.4, -0.2) is 7.15 Å². The summed E-state index contributed by atoms with van der Waals surface area (Å²) < 4.78 is 17.6. The Bertz CT molecular complexity index is 773. The molecule has 160 valence electrons. The van der Waals surface area contributed by atoms with Gasteiger partial charge in [0.05, 0.1) is 19.2 Å². The van der Waals surface area contributed by atoms with E-state index in [1.54, 1.807) is 0 Å². The average Bonchev–Trinajstić information content (AvgIpc) is 2.52. The predicted molar refractivity (Wildman–Crippen MR) is 133 cm³/mol. The maximum Gasteiger partial charge on any atom is 0.0785 e. The van der Waals surface area contributed by atoms with Gasteiger partial charge in [0.2, 0.25) is 0 Å². The zero-order valence-corrected chi connectivity index (χ0v) is 20.7. The van der Waals surface area contributed by atoms with Crippen LogP contribution in [-0.2, 0) is 10.8 Å². The van der Waals surface area contributed by atoms with Crippen molar-refractivity contribution in [2.75, 3.05) is 18.6 Å². The minimum Gasteiger partial charge on any atom is -0.398 e. The largest absolute Gasteiger partial charge is 0.398 e. The molecule has 28 heavy (non-hydrogen) atoms. The monoisotopic (exact) mass is 539 g/mol. The van der Waals surface area contributed by atoms with Crippen LogP contribution in [0.5, 0.6) is 0 Å². The first-order valence-electron chi connectivity index (χ1n) is 9.01. The van der Waals surface area contributed by atoms with Gasteiger partial charge in [0.25, 0.3) is 0 Å². The van der Waals surface area contributed by atoms with Crippen LogP contribution in [0.4, 0.5) is 15.8 Å². The van der Waals surface area contributed by atoms with Crippen molar-refractivity contribution in [3.63, 3.8) is 0 Å². The Hall–Kier alpha value is -0.780. The van der Waals surface area contributed by atoms with Crippen LogP contribution in [0.15, 0.2) is 39.3 Å². The van der Waals surface area contributed by atoms with Gasteiger partial charge in [-0.2, -0.15) is 0 Å². The van der Waals surface area contributed by atoms with Crippen molar-refractivity contribution in [3.05, 3.63) is 55.4 Å². The molecule has 0 aliphatic carbocycles. The van der Waals surface area contributed by atoms with Crippen LogP contribution < -0.4 is 11.5 Å². The van der Waals surface area contributed by atoms with Crippen molar-refractivity contribution in [1.82, 2.24) is 0 Å². The standard InChI is InChI=1S/C10H13BrClN.C10H14BrN.CH3F.CH4/c1-10(2,3)7-4-6(11)5-8(12)9(7)13;1-10(2,3)8-6-7(11)4-5-9(8)12;1-2;/h4-5H,13H2,1-3H3;4-6H,12H2,1-3H3;1H3;1H4/i;;1D;. The number of anilines is 2. The molecule has 0 bridgehead atoms. The van der Waals surface area contributed by atoms with Gasteiger partial charge in [-0.05, 0) is 52.3 Å². The molecular weight excluding hydrogens is 507 g/mol. The van der Waals surface area contributed by atoms with Crippen molar-refractivity contribution >= 4 is 54.8 Å². The summed E-state index contributed by atoms with van der Waals surface area (Å²) in [6, 6.07) is 9.80. The molecule has 0 saturated carbocycles. The lowest BCUT2D eigenvalue weighted by atomic mass is 9.86. The molecule has 2 aromatic carbocycles. The fourth-order valence-electron chi connectivity index (χ4n) is 2.38. The smallest absolute Gasteiger partial charge is 0.0785 e. The third-order valence-corrected chi connectivity index (χ3v) is 4.99. The number of nitrogen functional groups attached to an aromatic ring is 2. The second-order valence-corrected chi connectivity index (χ2v) is 10.3. The van der Waals surface area contributed by atoms with Gasteiger partial charge in [-0.1, -0.05) is 92.4 Å². The second-order valence-electron chi connectivity index (χ2n) is 8.08. The van der Waals surface area contributed by atoms with Crippen molar-refractivity contribution in [1.29, 1.82) is 0 Å². The van der Waals surface area contributed by atoms with Crippen LogP contribution >= 0.6 is 43.5 Å². The third kappa shape index (κ3) is 9.15. The van der Waals surface area contributed by atoms with Gasteiger partial charge in [0.15, 0.2) is 0 Å². The number of benzene rings is 2. The van der Waals surface area contributed by atoms with E-state index in [0.29, 0.717) is 10.7 Å². The highest BCUT2D eigenvalue weighted by Gasteiger charge is 2.19. The first-order chi connectivity index (χ1) is 12.6. The molecule has 0 heterocycles. The molecule has 0 spiro atoms. The summed E-state index contributed by atoms with van der Waals surface area (Å²) in [5.41, 5.74) is 15.7. The van der Waals surface area contributed by atoms with Crippen molar-refractivity contribution < 1.29 is 5.76 Å². The van der Waals surface area contributed by atoms with E-state index in [-0.39, 0.29) is 18.3 Å². The molecule has 0 unspecified atom stereocenters. The molecule has 0 fully saturated rings. The molecular formula is C22H34Br2ClFN2. The lowest BCUT2D eigenvalue weighted by Crippen LogP contribution is -2.14. The van der Waals surface area contributed by atoms with E-state index in [1.807, 2.05) is 24.3 Å². The van der Waals surface area contributed by atoms with Crippen molar-refractivity contribution in [2.45, 2.75) is 59.8 Å². The molecule has 2 rings (SSSR count). The Labute approximate surface area is 193 Å². The lowest BCUT2D eigenvalue weighted by molar-refractivity contribution is 0.592. The Balaban J connectivity index is 0. The van der Waals surface area contributed by atoms with Gasteiger partial charge in [-0.15, -0.1) is 0 Å². The van der Waals surface area contributed by atoms with Gasteiger partial charge in [-0.25, -0.2) is 0 Å². The van der Waals surface area contributed by atoms with E-state index in [9.17, 15) is 4.39 Å². The highest BCUT2D eigenvalue weighted by Crippen LogP contribution is 2.35. The molecule has 0 aliphatic heterocycles. The van der Waals surface area contributed by atoms with Crippen LogP contribution in [0.2, 0.25) is 5.02 Å². The van der Waals surface area contributed by atoms with Crippen LogP contribution in [0.25, 0.3) is 0 Å². The van der Waals surface area contributed by atoms with Gasteiger partial charge < -0.3 is 11.5 Å². The molecule has 0 saturated heterocycles. The maximum atomic E-state index is 9.96. The molecule has 2 aromatic rings. The maximum absolute atomic E-state index is 9.96. The summed E-state index contributed by atoms with van der Waals surface area (Å²) in [5, 5.41) is 0.610. The Morgan fingerprint density at radius 2 is 1.32 bits per heavy atom. The zero-order valence-electron chi connectivity index (χ0n) is 17.8. The SMILES string of the molecule is C.CC(C)(C)c1cc(Br)cc(Cl)c1N.CC(C)(C)c1cc(Br)ccc1N.[2H]CF. The summed E-state index contributed by atoms with van der Waals surface area (Å²) in [6.45, 7) is 12.8. The van der Waals surface area contributed by atoms with Gasteiger partial charge in [-0.3, -0.25) is 4.39 Å². The Morgan fingerprint density at radius 1 is 0.893 bits per heavy atom.